The van der Waals surface area contributed by atoms with E-state index >= 15 is 0 Å². The lowest BCUT2D eigenvalue weighted by atomic mass is 9.77. The van der Waals surface area contributed by atoms with Crippen LogP contribution < -0.4 is 0 Å². The summed E-state index contributed by atoms with van der Waals surface area (Å²) in [7, 11) is 0. The average molecular weight is 273 g/mol. The van der Waals surface area contributed by atoms with Crippen LogP contribution in [0.5, 0.6) is 0 Å². The number of nitrogens with zero attached hydrogens (tertiary/aromatic N) is 2. The van der Waals surface area contributed by atoms with Crippen molar-refractivity contribution >= 4 is 15.9 Å². The second kappa shape index (κ2) is 5.15. The van der Waals surface area contributed by atoms with Crippen LogP contribution >= 0.6 is 15.9 Å². The molecule has 2 nitrogen and oxygen atoms in total. The minimum Gasteiger partial charge on any atom is -0.273 e. The normalized spacial score (nSPS) is 15.6. The molecule has 0 aliphatic heterocycles. The van der Waals surface area contributed by atoms with Gasteiger partial charge in [0, 0.05) is 18.1 Å². The number of rotatable bonds is 5. The largest absolute Gasteiger partial charge is 0.273 e. The molecule has 0 amide bonds. The third-order valence-corrected chi connectivity index (χ3v) is 4.60. The fourth-order valence-corrected chi connectivity index (χ4v) is 2.39. The SMILES string of the molecule is CCn1cc(CC(C)(CBr)C(C)C)cn1. The smallest absolute Gasteiger partial charge is 0.0521 e. The fraction of sp³-hybridized carbons (Fsp3) is 0.750. The zero-order valence-corrected chi connectivity index (χ0v) is 11.7. The molecular formula is C12H21BrN2. The number of alkyl halides is 1. The molecule has 1 aromatic heterocycles. The van der Waals surface area contributed by atoms with Crippen molar-refractivity contribution < 1.29 is 0 Å². The van der Waals surface area contributed by atoms with Crippen molar-refractivity contribution in [2.24, 2.45) is 11.3 Å². The van der Waals surface area contributed by atoms with Gasteiger partial charge in [-0.2, -0.15) is 5.10 Å². The molecule has 0 aromatic carbocycles. The molecule has 0 N–H and O–H groups in total. The zero-order valence-electron chi connectivity index (χ0n) is 10.1. The average Bonchev–Trinajstić information content (AvgIpc) is 2.65. The van der Waals surface area contributed by atoms with E-state index in [1.165, 1.54) is 5.56 Å². The second-order valence-corrected chi connectivity index (χ2v) is 5.38. The standard InChI is InChI=1S/C12H21BrN2/c1-5-15-8-11(7-14-15)6-12(4,9-13)10(2)3/h7-8,10H,5-6,9H2,1-4H3. The maximum Gasteiger partial charge on any atom is 0.0521 e. The Morgan fingerprint density at radius 2 is 2.20 bits per heavy atom. The predicted molar refractivity (Wildman–Crippen MR) is 68.3 cm³/mol. The molecule has 0 aliphatic carbocycles. The van der Waals surface area contributed by atoms with Crippen LogP contribution in [0, 0.1) is 11.3 Å². The van der Waals surface area contributed by atoms with E-state index in [9.17, 15) is 0 Å². The van der Waals surface area contributed by atoms with Crippen molar-refractivity contribution in [1.82, 2.24) is 9.78 Å². The van der Waals surface area contributed by atoms with Gasteiger partial charge in [-0.25, -0.2) is 0 Å². The van der Waals surface area contributed by atoms with E-state index in [1.807, 2.05) is 10.9 Å². The molecule has 15 heavy (non-hydrogen) atoms. The van der Waals surface area contributed by atoms with Crippen molar-refractivity contribution in [3.63, 3.8) is 0 Å². The highest BCUT2D eigenvalue weighted by Crippen LogP contribution is 2.33. The maximum absolute atomic E-state index is 4.31. The molecule has 0 radical (unpaired) electrons. The van der Waals surface area contributed by atoms with E-state index in [0.29, 0.717) is 11.3 Å². The molecule has 0 spiro atoms. The van der Waals surface area contributed by atoms with Gasteiger partial charge in [0.25, 0.3) is 0 Å². The molecule has 1 unspecified atom stereocenters. The minimum atomic E-state index is 0.321. The number of hydrogen-bond acceptors (Lipinski definition) is 1. The highest BCUT2D eigenvalue weighted by atomic mass is 79.9. The highest BCUT2D eigenvalue weighted by Gasteiger charge is 2.27. The lowest BCUT2D eigenvalue weighted by Crippen LogP contribution is -2.27. The Labute approximate surface area is 101 Å². The maximum atomic E-state index is 4.31. The van der Waals surface area contributed by atoms with Gasteiger partial charge in [-0.3, -0.25) is 4.68 Å². The summed E-state index contributed by atoms with van der Waals surface area (Å²) in [6, 6.07) is 0. The van der Waals surface area contributed by atoms with Crippen LogP contribution in [0.15, 0.2) is 12.4 Å². The lowest BCUT2D eigenvalue weighted by Gasteiger charge is -2.31. The summed E-state index contributed by atoms with van der Waals surface area (Å²) in [6.07, 6.45) is 5.24. The van der Waals surface area contributed by atoms with Gasteiger partial charge in [0.1, 0.15) is 0 Å². The van der Waals surface area contributed by atoms with Crippen LogP contribution in [0.1, 0.15) is 33.3 Å². The van der Waals surface area contributed by atoms with Crippen LogP contribution in [0.3, 0.4) is 0 Å². The van der Waals surface area contributed by atoms with Crippen molar-refractivity contribution in [1.29, 1.82) is 0 Å². The van der Waals surface area contributed by atoms with E-state index in [4.69, 9.17) is 0 Å². The molecule has 0 fully saturated rings. The number of aryl methyl sites for hydroxylation is 1. The van der Waals surface area contributed by atoms with Gasteiger partial charge in [-0.15, -0.1) is 0 Å². The number of halogens is 1. The van der Waals surface area contributed by atoms with Gasteiger partial charge in [0.2, 0.25) is 0 Å². The molecule has 86 valence electrons. The summed E-state index contributed by atoms with van der Waals surface area (Å²) < 4.78 is 1.99. The first kappa shape index (κ1) is 12.8. The molecule has 3 heteroatoms. The van der Waals surface area contributed by atoms with Gasteiger partial charge in [0.05, 0.1) is 6.20 Å². The molecule has 0 bridgehead atoms. The number of aromatic nitrogens is 2. The van der Waals surface area contributed by atoms with E-state index in [0.717, 1.165) is 18.3 Å². The molecule has 0 saturated carbocycles. The summed E-state index contributed by atoms with van der Waals surface area (Å²) in [5.74, 6) is 0.668. The Bertz CT molecular complexity index is 306. The second-order valence-electron chi connectivity index (χ2n) is 4.82. The van der Waals surface area contributed by atoms with Gasteiger partial charge >= 0.3 is 0 Å². The fourth-order valence-electron chi connectivity index (χ4n) is 1.54. The minimum absolute atomic E-state index is 0.321. The molecule has 1 rings (SSSR count). The van der Waals surface area contributed by atoms with Crippen molar-refractivity contribution in [3.8, 4) is 0 Å². The third kappa shape index (κ3) is 3.07. The lowest BCUT2D eigenvalue weighted by molar-refractivity contribution is 0.258. The van der Waals surface area contributed by atoms with Gasteiger partial charge in [-0.05, 0) is 30.2 Å². The summed E-state index contributed by atoms with van der Waals surface area (Å²) in [5.41, 5.74) is 1.66. The van der Waals surface area contributed by atoms with Crippen molar-refractivity contribution in [3.05, 3.63) is 18.0 Å². The van der Waals surface area contributed by atoms with E-state index in [1.54, 1.807) is 0 Å². The summed E-state index contributed by atoms with van der Waals surface area (Å²) in [4.78, 5) is 0. The quantitative estimate of drug-likeness (QED) is 0.751. The summed E-state index contributed by atoms with van der Waals surface area (Å²) in [5, 5.41) is 5.35. The Balaban J connectivity index is 2.74. The predicted octanol–water partition coefficient (Wildman–Crippen LogP) is 3.50. The van der Waals surface area contributed by atoms with Crippen LogP contribution in [-0.4, -0.2) is 15.1 Å². The van der Waals surface area contributed by atoms with Gasteiger partial charge in [-0.1, -0.05) is 36.7 Å². The first-order chi connectivity index (χ1) is 7.01. The third-order valence-electron chi connectivity index (χ3n) is 3.32. The highest BCUT2D eigenvalue weighted by molar-refractivity contribution is 9.09. The van der Waals surface area contributed by atoms with E-state index < -0.39 is 0 Å². The van der Waals surface area contributed by atoms with Gasteiger partial charge < -0.3 is 0 Å². The monoisotopic (exact) mass is 272 g/mol. The molecule has 1 aromatic rings. The van der Waals surface area contributed by atoms with Crippen molar-refractivity contribution in [2.75, 3.05) is 5.33 Å². The molecule has 0 aliphatic rings. The van der Waals surface area contributed by atoms with E-state index in [-0.39, 0.29) is 0 Å². The zero-order chi connectivity index (χ0) is 11.5. The topological polar surface area (TPSA) is 17.8 Å². The Hall–Kier alpha value is -0.310. The van der Waals surface area contributed by atoms with E-state index in [2.05, 4.69) is 54.9 Å². The van der Waals surface area contributed by atoms with Crippen LogP contribution in [-0.2, 0) is 13.0 Å². The summed E-state index contributed by atoms with van der Waals surface area (Å²) in [6.45, 7) is 9.96. The summed E-state index contributed by atoms with van der Waals surface area (Å²) >= 11 is 3.63. The Kier molecular flexibility index (Phi) is 4.38. The molecule has 1 heterocycles. The molecule has 0 saturated heterocycles. The van der Waals surface area contributed by atoms with Crippen molar-refractivity contribution in [2.45, 2.75) is 40.7 Å². The first-order valence-corrected chi connectivity index (χ1v) is 6.71. The van der Waals surface area contributed by atoms with Crippen LogP contribution in [0.2, 0.25) is 0 Å². The Morgan fingerprint density at radius 3 is 2.60 bits per heavy atom. The van der Waals surface area contributed by atoms with Crippen LogP contribution in [0.25, 0.3) is 0 Å². The van der Waals surface area contributed by atoms with Crippen LogP contribution in [0.4, 0.5) is 0 Å². The Morgan fingerprint density at radius 1 is 1.53 bits per heavy atom. The molecular weight excluding hydrogens is 252 g/mol. The van der Waals surface area contributed by atoms with Gasteiger partial charge in [0.15, 0.2) is 0 Å². The first-order valence-electron chi connectivity index (χ1n) is 5.59. The molecule has 1 atom stereocenters. The number of hydrogen-bond donors (Lipinski definition) is 0.